The summed E-state index contributed by atoms with van der Waals surface area (Å²) in [6.07, 6.45) is -1.62. The number of anilines is 2. The molecule has 2 aromatic carbocycles. The second kappa shape index (κ2) is 10.6. The van der Waals surface area contributed by atoms with Crippen molar-refractivity contribution in [2.75, 3.05) is 31.4 Å². The number of benzene rings is 2. The van der Waals surface area contributed by atoms with E-state index in [1.165, 1.54) is 4.90 Å². The van der Waals surface area contributed by atoms with Crippen molar-refractivity contribution in [1.29, 1.82) is 5.26 Å². The van der Waals surface area contributed by atoms with Gasteiger partial charge in [-0.25, -0.2) is 13.8 Å². The number of aromatic nitrogens is 2. The van der Waals surface area contributed by atoms with Crippen molar-refractivity contribution in [3.05, 3.63) is 59.1 Å². The second-order valence-electron chi connectivity index (χ2n) is 8.91. The molecule has 1 aliphatic rings. The van der Waals surface area contributed by atoms with E-state index in [1.54, 1.807) is 36.4 Å². The lowest BCUT2D eigenvalue weighted by Crippen LogP contribution is -2.20. The summed E-state index contributed by atoms with van der Waals surface area (Å²) in [6, 6.07) is 14.8. The highest BCUT2D eigenvalue weighted by molar-refractivity contribution is 7.13. The number of hydrogen-bond donors (Lipinski definition) is 0. The van der Waals surface area contributed by atoms with Crippen LogP contribution in [0.2, 0.25) is 0 Å². The van der Waals surface area contributed by atoms with Gasteiger partial charge in [0.1, 0.15) is 31.8 Å². The highest BCUT2D eigenvalue weighted by atomic mass is 32.1. The van der Waals surface area contributed by atoms with Gasteiger partial charge in [-0.15, -0.1) is 11.3 Å². The molecule has 198 valence electrons. The molecule has 0 radical (unpaired) electrons. The number of nitrogens with zero attached hydrogens (tertiary/aromatic N) is 4. The fourth-order valence-electron chi connectivity index (χ4n) is 4.69. The van der Waals surface area contributed by atoms with E-state index in [1.807, 2.05) is 6.07 Å². The molecular formula is C27H23F5N4OS. The van der Waals surface area contributed by atoms with Gasteiger partial charge in [0, 0.05) is 28.6 Å². The number of hydrogen-bond acceptors (Lipinski definition) is 5. The topological polar surface area (TPSA) is 54.1 Å². The lowest BCUT2D eigenvalue weighted by Gasteiger charge is -2.30. The molecule has 4 aromatic rings. The van der Waals surface area contributed by atoms with Crippen LogP contribution in [0.3, 0.4) is 0 Å². The van der Waals surface area contributed by atoms with Crippen LogP contribution in [-0.2, 0) is 6.18 Å². The Kier molecular flexibility index (Phi) is 7.25. The zero-order valence-electron chi connectivity index (χ0n) is 20.1. The van der Waals surface area contributed by atoms with E-state index in [-0.39, 0.29) is 24.3 Å². The summed E-state index contributed by atoms with van der Waals surface area (Å²) in [5, 5.41) is 11.8. The van der Waals surface area contributed by atoms with Gasteiger partial charge >= 0.3 is 6.18 Å². The van der Waals surface area contributed by atoms with Crippen molar-refractivity contribution in [2.24, 2.45) is 0 Å². The summed E-state index contributed by atoms with van der Waals surface area (Å²) < 4.78 is 72.9. The molecule has 0 spiro atoms. The maximum absolute atomic E-state index is 13.4. The Morgan fingerprint density at radius 1 is 1.11 bits per heavy atom. The Morgan fingerprint density at radius 2 is 1.87 bits per heavy atom. The van der Waals surface area contributed by atoms with E-state index < -0.39 is 25.2 Å². The van der Waals surface area contributed by atoms with E-state index in [2.05, 4.69) is 15.6 Å². The molecule has 0 saturated heterocycles. The summed E-state index contributed by atoms with van der Waals surface area (Å²) in [7, 11) is 0. The van der Waals surface area contributed by atoms with Gasteiger partial charge in [0.25, 0.3) is 0 Å². The van der Waals surface area contributed by atoms with Gasteiger partial charge in [0.05, 0.1) is 23.3 Å². The second-order valence-corrected chi connectivity index (χ2v) is 9.74. The number of fused-ring (bicyclic) bond motifs is 1. The molecule has 0 N–H and O–H groups in total. The van der Waals surface area contributed by atoms with Crippen LogP contribution < -0.4 is 9.64 Å². The number of halogens is 5. The van der Waals surface area contributed by atoms with Crippen LogP contribution in [-0.4, -0.2) is 36.1 Å². The highest BCUT2D eigenvalue weighted by Gasteiger charge is 2.34. The summed E-state index contributed by atoms with van der Waals surface area (Å²) in [5.74, 6) is 0.517. The van der Waals surface area contributed by atoms with E-state index >= 15 is 0 Å². The van der Waals surface area contributed by atoms with Crippen molar-refractivity contribution in [3.63, 3.8) is 0 Å². The molecule has 38 heavy (non-hydrogen) atoms. The number of ether oxygens (including phenoxy) is 1. The molecule has 0 unspecified atom stereocenters. The summed E-state index contributed by atoms with van der Waals surface area (Å²) >= 11 is 0.798. The average molecular weight is 547 g/mol. The lowest BCUT2D eigenvalue weighted by atomic mass is 9.92. The normalized spacial score (nSPS) is 13.9. The Hall–Kier alpha value is -3.65. The standard InChI is InChI=1S/C27H23F5N4OS/c28-10-12-35(26-34-24(16-38-26)27(30,31)32)18-6-4-17(5-7-18)25-22(15-33)21-9-8-20(37-13-11-29)14-23(21)36(25)19-2-1-3-19/h4-9,14,16,19H,1-3,10-13H2. The molecule has 0 amide bonds. The average Bonchev–Trinajstić information content (AvgIpc) is 3.49. The molecule has 1 aliphatic carbocycles. The van der Waals surface area contributed by atoms with Crippen LogP contribution >= 0.6 is 11.3 Å². The quantitative estimate of drug-likeness (QED) is 0.201. The first-order valence-corrected chi connectivity index (χ1v) is 13.0. The lowest BCUT2D eigenvalue weighted by molar-refractivity contribution is -0.140. The van der Waals surface area contributed by atoms with Crippen molar-refractivity contribution in [2.45, 2.75) is 31.5 Å². The molecular weight excluding hydrogens is 523 g/mol. The SMILES string of the molecule is N#Cc1c(-c2ccc(N(CCF)c3nc(C(F)(F)F)cs3)cc2)n(C2CCC2)c2cc(OCCF)ccc12. The first-order valence-electron chi connectivity index (χ1n) is 12.1. The van der Waals surface area contributed by atoms with Gasteiger partial charge in [-0.05, 0) is 49.1 Å². The van der Waals surface area contributed by atoms with Crippen molar-refractivity contribution in [1.82, 2.24) is 9.55 Å². The summed E-state index contributed by atoms with van der Waals surface area (Å²) in [5.41, 5.74) is 2.26. The minimum Gasteiger partial charge on any atom is -0.491 e. The highest BCUT2D eigenvalue weighted by Crippen LogP contribution is 2.44. The number of alkyl halides is 5. The first-order chi connectivity index (χ1) is 18.4. The van der Waals surface area contributed by atoms with Crippen LogP contribution in [0, 0.1) is 11.3 Å². The molecule has 5 nitrogen and oxygen atoms in total. The molecule has 0 bridgehead atoms. The molecule has 2 aromatic heterocycles. The largest absolute Gasteiger partial charge is 0.491 e. The first kappa shape index (κ1) is 26.0. The Balaban J connectivity index is 1.57. The molecule has 1 fully saturated rings. The number of thiazole rings is 1. The predicted octanol–water partition coefficient (Wildman–Crippen LogP) is 7.84. The maximum atomic E-state index is 13.4. The fraction of sp³-hybridized carbons (Fsp3) is 0.333. The van der Waals surface area contributed by atoms with Gasteiger partial charge in [-0.1, -0.05) is 12.1 Å². The van der Waals surface area contributed by atoms with Crippen molar-refractivity contribution in [3.8, 4) is 23.1 Å². The van der Waals surface area contributed by atoms with Gasteiger partial charge in [-0.3, -0.25) is 0 Å². The molecule has 1 saturated carbocycles. The Labute approximate surface area is 219 Å². The van der Waals surface area contributed by atoms with Crippen LogP contribution in [0.5, 0.6) is 5.75 Å². The monoisotopic (exact) mass is 546 g/mol. The molecule has 5 rings (SSSR count). The Morgan fingerprint density at radius 3 is 2.45 bits per heavy atom. The minimum atomic E-state index is -4.58. The molecule has 0 atom stereocenters. The third kappa shape index (κ3) is 4.80. The fourth-order valence-corrected chi connectivity index (χ4v) is 5.57. The van der Waals surface area contributed by atoms with E-state index in [9.17, 15) is 27.2 Å². The van der Waals surface area contributed by atoms with E-state index in [0.29, 0.717) is 17.0 Å². The smallest absolute Gasteiger partial charge is 0.434 e. The van der Waals surface area contributed by atoms with Crippen molar-refractivity contribution >= 4 is 33.1 Å². The number of nitriles is 1. The van der Waals surface area contributed by atoms with Gasteiger partial charge in [-0.2, -0.15) is 18.4 Å². The van der Waals surface area contributed by atoms with Crippen LogP contribution in [0.15, 0.2) is 47.8 Å². The van der Waals surface area contributed by atoms with Crippen molar-refractivity contribution < 1.29 is 26.7 Å². The minimum absolute atomic E-state index is 0.0461. The third-order valence-electron chi connectivity index (χ3n) is 6.65. The zero-order valence-corrected chi connectivity index (χ0v) is 21.0. The van der Waals surface area contributed by atoms with E-state index in [4.69, 9.17) is 4.74 Å². The predicted molar refractivity (Wildman–Crippen MR) is 137 cm³/mol. The third-order valence-corrected chi connectivity index (χ3v) is 7.51. The molecule has 0 aliphatic heterocycles. The van der Waals surface area contributed by atoms with Gasteiger partial charge in [0.2, 0.25) is 0 Å². The van der Waals surface area contributed by atoms with Gasteiger partial charge in [0.15, 0.2) is 10.8 Å². The molecule has 2 heterocycles. The van der Waals surface area contributed by atoms with Crippen LogP contribution in [0.4, 0.5) is 32.8 Å². The van der Waals surface area contributed by atoms with E-state index in [0.717, 1.165) is 58.1 Å². The van der Waals surface area contributed by atoms with Gasteiger partial charge < -0.3 is 14.2 Å². The van der Waals surface area contributed by atoms with Crippen LogP contribution in [0.1, 0.15) is 36.6 Å². The maximum Gasteiger partial charge on any atom is 0.434 e. The Bertz CT molecular complexity index is 1470. The summed E-state index contributed by atoms with van der Waals surface area (Å²) in [6.45, 7) is -1.60. The zero-order chi connectivity index (χ0) is 26.9. The summed E-state index contributed by atoms with van der Waals surface area (Å²) in [4.78, 5) is 5.08. The van der Waals surface area contributed by atoms with Crippen LogP contribution in [0.25, 0.3) is 22.2 Å². The number of rotatable bonds is 9. The molecule has 11 heteroatoms.